The number of nitrogens with one attached hydrogen (secondary N) is 2. The second kappa shape index (κ2) is 9.07. The van der Waals surface area contributed by atoms with Gasteiger partial charge in [0.2, 0.25) is 0 Å². The highest BCUT2D eigenvalue weighted by molar-refractivity contribution is 7.92. The third kappa shape index (κ3) is 5.02. The largest absolute Gasteiger partial charge is 0.465 e. The van der Waals surface area contributed by atoms with E-state index in [1.54, 1.807) is 12.1 Å². The molecule has 0 saturated carbocycles. The first-order valence-electron chi connectivity index (χ1n) is 8.50. The fourth-order valence-electron chi connectivity index (χ4n) is 2.33. The van der Waals surface area contributed by atoms with E-state index in [4.69, 9.17) is 11.6 Å². The molecular weight excluding hydrogens is 404 g/mol. The number of hydrogen-bond donors (Lipinski definition) is 2. The van der Waals surface area contributed by atoms with Crippen molar-refractivity contribution in [3.63, 3.8) is 0 Å². The summed E-state index contributed by atoms with van der Waals surface area (Å²) in [5.41, 5.74) is 0.310. The molecular formula is C19H21ClN2O5S. The van der Waals surface area contributed by atoms with Crippen molar-refractivity contribution in [2.45, 2.75) is 31.2 Å². The van der Waals surface area contributed by atoms with E-state index in [1.165, 1.54) is 31.4 Å². The van der Waals surface area contributed by atoms with Crippen LogP contribution in [0.25, 0.3) is 0 Å². The van der Waals surface area contributed by atoms with E-state index in [1.807, 2.05) is 13.8 Å². The topological polar surface area (TPSA) is 102 Å². The Labute approximate surface area is 169 Å². The maximum Gasteiger partial charge on any atom is 0.337 e. The minimum Gasteiger partial charge on any atom is -0.465 e. The zero-order valence-corrected chi connectivity index (χ0v) is 17.2. The van der Waals surface area contributed by atoms with Crippen molar-refractivity contribution < 1.29 is 22.7 Å². The van der Waals surface area contributed by atoms with Crippen LogP contribution in [0.2, 0.25) is 5.02 Å². The first kappa shape index (κ1) is 21.7. The fourth-order valence-corrected chi connectivity index (χ4v) is 3.93. The van der Waals surface area contributed by atoms with Gasteiger partial charge in [-0.25, -0.2) is 13.2 Å². The first-order valence-corrected chi connectivity index (χ1v) is 10.4. The highest BCUT2D eigenvalue weighted by Crippen LogP contribution is 2.26. The van der Waals surface area contributed by atoms with Crippen LogP contribution in [0.1, 0.15) is 41.0 Å². The summed E-state index contributed by atoms with van der Waals surface area (Å²) in [7, 11) is -2.98. The maximum atomic E-state index is 12.9. The van der Waals surface area contributed by atoms with Gasteiger partial charge in [-0.2, -0.15) is 0 Å². The number of methoxy groups -OCH3 is 1. The number of anilines is 1. The SMILES string of the molecule is CC[C@H](C)NC(=O)c1ccccc1NS(=O)(=O)c1cc(C(=O)OC)ccc1Cl. The van der Waals surface area contributed by atoms with E-state index in [-0.39, 0.29) is 32.8 Å². The van der Waals surface area contributed by atoms with Gasteiger partial charge in [0.25, 0.3) is 15.9 Å². The molecule has 2 N–H and O–H groups in total. The van der Waals surface area contributed by atoms with Crippen molar-refractivity contribution in [1.82, 2.24) is 5.32 Å². The summed E-state index contributed by atoms with van der Waals surface area (Å²) >= 11 is 6.03. The van der Waals surface area contributed by atoms with Crippen LogP contribution in [0.4, 0.5) is 5.69 Å². The van der Waals surface area contributed by atoms with E-state index >= 15 is 0 Å². The number of sulfonamides is 1. The lowest BCUT2D eigenvalue weighted by atomic mass is 10.1. The molecule has 0 aliphatic rings. The zero-order chi connectivity index (χ0) is 20.9. The predicted molar refractivity (Wildman–Crippen MR) is 107 cm³/mol. The van der Waals surface area contributed by atoms with Crippen molar-refractivity contribution in [3.8, 4) is 0 Å². The number of carbonyl (C=O) groups is 2. The summed E-state index contributed by atoms with van der Waals surface area (Å²) in [6, 6.07) is 9.94. The van der Waals surface area contributed by atoms with Gasteiger partial charge in [-0.3, -0.25) is 9.52 Å². The molecule has 2 rings (SSSR count). The third-order valence-corrected chi connectivity index (χ3v) is 5.89. The molecule has 2 aromatic rings. The number of para-hydroxylation sites is 1. The average molecular weight is 425 g/mol. The Hall–Kier alpha value is -2.58. The van der Waals surface area contributed by atoms with Gasteiger partial charge >= 0.3 is 5.97 Å². The number of hydrogen-bond acceptors (Lipinski definition) is 5. The van der Waals surface area contributed by atoms with Crippen LogP contribution in [0, 0.1) is 0 Å². The minimum atomic E-state index is -4.17. The lowest BCUT2D eigenvalue weighted by Gasteiger charge is -2.16. The maximum absolute atomic E-state index is 12.9. The summed E-state index contributed by atoms with van der Waals surface area (Å²) in [6.45, 7) is 3.78. The predicted octanol–water partition coefficient (Wildman–Crippen LogP) is 3.46. The summed E-state index contributed by atoms with van der Waals surface area (Å²) in [6.07, 6.45) is 0.732. The van der Waals surface area contributed by atoms with E-state index in [0.717, 1.165) is 12.5 Å². The fraction of sp³-hybridized carbons (Fsp3) is 0.263. The average Bonchev–Trinajstić information content (AvgIpc) is 2.67. The molecule has 0 spiro atoms. The van der Waals surface area contributed by atoms with E-state index < -0.39 is 21.9 Å². The highest BCUT2D eigenvalue weighted by atomic mass is 35.5. The van der Waals surface area contributed by atoms with Crippen LogP contribution in [0.15, 0.2) is 47.4 Å². The van der Waals surface area contributed by atoms with Crippen molar-refractivity contribution in [2.24, 2.45) is 0 Å². The van der Waals surface area contributed by atoms with Gasteiger partial charge in [-0.05, 0) is 43.7 Å². The number of esters is 1. The molecule has 2 aromatic carbocycles. The molecule has 28 heavy (non-hydrogen) atoms. The molecule has 1 amide bonds. The lowest BCUT2D eigenvalue weighted by molar-refractivity contribution is 0.0600. The van der Waals surface area contributed by atoms with E-state index in [0.29, 0.717) is 0 Å². The van der Waals surface area contributed by atoms with Gasteiger partial charge in [0.05, 0.1) is 28.9 Å². The lowest BCUT2D eigenvalue weighted by Crippen LogP contribution is -2.32. The molecule has 1 atom stereocenters. The summed E-state index contributed by atoms with van der Waals surface area (Å²) < 4.78 is 32.7. The molecule has 0 unspecified atom stereocenters. The number of carbonyl (C=O) groups excluding carboxylic acids is 2. The number of halogens is 1. The Morgan fingerprint density at radius 1 is 1.18 bits per heavy atom. The van der Waals surface area contributed by atoms with Crippen LogP contribution >= 0.6 is 11.6 Å². The Kier molecular flexibility index (Phi) is 7.04. The van der Waals surface area contributed by atoms with Gasteiger partial charge in [-0.1, -0.05) is 30.7 Å². The Morgan fingerprint density at radius 2 is 1.86 bits per heavy atom. The van der Waals surface area contributed by atoms with Crippen molar-refractivity contribution in [3.05, 3.63) is 58.6 Å². The van der Waals surface area contributed by atoms with Crippen LogP contribution in [-0.2, 0) is 14.8 Å². The molecule has 150 valence electrons. The molecule has 0 bridgehead atoms. The van der Waals surface area contributed by atoms with Crippen molar-refractivity contribution in [1.29, 1.82) is 0 Å². The van der Waals surface area contributed by atoms with E-state index in [2.05, 4.69) is 14.8 Å². The number of rotatable bonds is 7. The zero-order valence-electron chi connectivity index (χ0n) is 15.7. The van der Waals surface area contributed by atoms with Crippen LogP contribution in [-0.4, -0.2) is 33.4 Å². The minimum absolute atomic E-state index is 0.0371. The van der Waals surface area contributed by atoms with Crippen LogP contribution in [0.5, 0.6) is 0 Å². The van der Waals surface area contributed by atoms with Gasteiger partial charge in [0.15, 0.2) is 0 Å². The van der Waals surface area contributed by atoms with Crippen LogP contribution < -0.4 is 10.0 Å². The molecule has 0 radical (unpaired) electrons. The van der Waals surface area contributed by atoms with Gasteiger partial charge in [-0.15, -0.1) is 0 Å². The standard InChI is InChI=1S/C19H21ClN2O5S/c1-4-12(2)21-18(23)14-7-5-6-8-16(14)22-28(25,26)17-11-13(19(24)27-3)9-10-15(17)20/h5-12,22H,4H2,1-3H3,(H,21,23)/t12-/m0/s1. The summed E-state index contributed by atoms with van der Waals surface area (Å²) in [5.74, 6) is -1.09. The van der Waals surface area contributed by atoms with E-state index in [9.17, 15) is 18.0 Å². The molecule has 9 heteroatoms. The molecule has 0 heterocycles. The van der Waals surface area contributed by atoms with Gasteiger partial charge in [0.1, 0.15) is 4.90 Å². The monoisotopic (exact) mass is 424 g/mol. The molecule has 0 aliphatic carbocycles. The van der Waals surface area contributed by atoms with Crippen LogP contribution in [0.3, 0.4) is 0 Å². The Bertz CT molecular complexity index is 992. The molecule has 0 fully saturated rings. The molecule has 0 aromatic heterocycles. The molecule has 0 saturated heterocycles. The molecule has 0 aliphatic heterocycles. The molecule has 7 nitrogen and oxygen atoms in total. The first-order chi connectivity index (χ1) is 13.2. The highest BCUT2D eigenvalue weighted by Gasteiger charge is 2.23. The number of benzene rings is 2. The summed E-state index contributed by atoms with van der Waals surface area (Å²) in [4.78, 5) is 23.9. The van der Waals surface area contributed by atoms with Crippen molar-refractivity contribution >= 4 is 39.2 Å². The Balaban J connectivity index is 2.41. The summed E-state index contributed by atoms with van der Waals surface area (Å²) in [5, 5.41) is 2.73. The Morgan fingerprint density at radius 3 is 2.50 bits per heavy atom. The number of amides is 1. The smallest absolute Gasteiger partial charge is 0.337 e. The second-order valence-corrected chi connectivity index (χ2v) is 8.13. The second-order valence-electron chi connectivity index (χ2n) is 6.07. The quantitative estimate of drug-likeness (QED) is 0.663. The normalized spacial score (nSPS) is 12.1. The van der Waals surface area contributed by atoms with Gasteiger partial charge in [0, 0.05) is 6.04 Å². The van der Waals surface area contributed by atoms with Crippen molar-refractivity contribution in [2.75, 3.05) is 11.8 Å². The third-order valence-electron chi connectivity index (χ3n) is 4.05. The van der Waals surface area contributed by atoms with Gasteiger partial charge < -0.3 is 10.1 Å². The number of ether oxygens (including phenoxy) is 1.